The number of hydrogen-bond acceptors (Lipinski definition) is 4. The molecule has 0 saturated carbocycles. The van der Waals surface area contributed by atoms with Crippen molar-refractivity contribution in [2.45, 2.75) is 25.2 Å². The highest BCUT2D eigenvalue weighted by Crippen LogP contribution is 2.45. The van der Waals surface area contributed by atoms with E-state index in [9.17, 15) is 8.42 Å². The minimum absolute atomic E-state index is 0.0792. The standard InChI is InChI=1S/C26H27ClN4O2S/c1-34(32,33)31-12-9-18(10-13-31)25-23-8-7-21(27)15-20(23)14-19(24-6-3-11-29-26(24)25)4-2-5-22-16-28-17-30-22/h2-3,5-8,11,14-18,25H,4,9-10,12-13H2,1H3,(H,28,30). The van der Waals surface area contributed by atoms with Gasteiger partial charge in [0.15, 0.2) is 0 Å². The van der Waals surface area contributed by atoms with Gasteiger partial charge in [0, 0.05) is 35.8 Å². The van der Waals surface area contributed by atoms with E-state index in [4.69, 9.17) is 16.6 Å². The van der Waals surface area contributed by atoms with E-state index < -0.39 is 10.0 Å². The average molecular weight is 495 g/mol. The molecule has 176 valence electrons. The van der Waals surface area contributed by atoms with Crippen molar-refractivity contribution in [1.82, 2.24) is 19.3 Å². The highest BCUT2D eigenvalue weighted by molar-refractivity contribution is 7.88. The summed E-state index contributed by atoms with van der Waals surface area (Å²) in [4.78, 5) is 12.1. The number of nitrogens with one attached hydrogen (secondary N) is 1. The third kappa shape index (κ3) is 4.73. The lowest BCUT2D eigenvalue weighted by atomic mass is 9.76. The molecule has 6 nitrogen and oxygen atoms in total. The van der Waals surface area contributed by atoms with Gasteiger partial charge in [-0.1, -0.05) is 35.9 Å². The number of benzene rings is 1. The lowest BCUT2D eigenvalue weighted by molar-refractivity contribution is 0.256. The molecule has 3 heterocycles. The van der Waals surface area contributed by atoms with Crippen molar-refractivity contribution in [1.29, 1.82) is 0 Å². The Morgan fingerprint density at radius 1 is 1.24 bits per heavy atom. The largest absolute Gasteiger partial charge is 0.345 e. The van der Waals surface area contributed by atoms with Gasteiger partial charge in [-0.2, -0.15) is 0 Å². The topological polar surface area (TPSA) is 79.0 Å². The first-order valence-electron chi connectivity index (χ1n) is 11.5. The molecule has 2 aliphatic rings. The first kappa shape index (κ1) is 23.0. The van der Waals surface area contributed by atoms with E-state index in [1.807, 2.05) is 30.5 Å². The second-order valence-corrected chi connectivity index (χ2v) is 11.4. The summed E-state index contributed by atoms with van der Waals surface area (Å²) in [6.07, 6.45) is 15.3. The minimum atomic E-state index is -3.18. The summed E-state index contributed by atoms with van der Waals surface area (Å²) in [5.74, 6) is 0.371. The van der Waals surface area contributed by atoms with Crippen molar-refractivity contribution in [2.24, 2.45) is 5.92 Å². The normalized spacial score (nSPS) is 19.5. The van der Waals surface area contributed by atoms with Crippen LogP contribution in [0.3, 0.4) is 0 Å². The van der Waals surface area contributed by atoms with Gasteiger partial charge in [0.25, 0.3) is 0 Å². The van der Waals surface area contributed by atoms with Crippen molar-refractivity contribution >= 4 is 39.3 Å². The molecule has 1 N–H and O–H groups in total. The summed E-state index contributed by atoms with van der Waals surface area (Å²) >= 11 is 6.42. The van der Waals surface area contributed by atoms with E-state index in [1.165, 1.54) is 17.4 Å². The van der Waals surface area contributed by atoms with Gasteiger partial charge in [-0.25, -0.2) is 17.7 Å². The third-order valence-electron chi connectivity index (χ3n) is 6.79. The van der Waals surface area contributed by atoms with Crippen LogP contribution in [0.4, 0.5) is 0 Å². The van der Waals surface area contributed by atoms with Crippen LogP contribution >= 0.6 is 11.6 Å². The molecule has 0 spiro atoms. The number of aromatic nitrogens is 3. The predicted octanol–water partition coefficient (Wildman–Crippen LogP) is 5.22. The second kappa shape index (κ2) is 9.49. The summed E-state index contributed by atoms with van der Waals surface area (Å²) in [6, 6.07) is 10.2. The average Bonchev–Trinajstić information content (AvgIpc) is 3.29. The van der Waals surface area contributed by atoms with Crippen LogP contribution in [0.1, 0.15) is 53.3 Å². The van der Waals surface area contributed by atoms with Gasteiger partial charge in [-0.3, -0.25) is 4.98 Å². The molecule has 1 aromatic carbocycles. The summed E-state index contributed by atoms with van der Waals surface area (Å²) in [6.45, 7) is 1.08. The summed E-state index contributed by atoms with van der Waals surface area (Å²) in [5.41, 5.74) is 6.64. The number of allylic oxidation sites excluding steroid dienone is 2. The van der Waals surface area contributed by atoms with Gasteiger partial charge in [0.2, 0.25) is 10.0 Å². The minimum Gasteiger partial charge on any atom is -0.345 e. The van der Waals surface area contributed by atoms with E-state index in [-0.39, 0.29) is 5.92 Å². The van der Waals surface area contributed by atoms with Crippen LogP contribution in [-0.2, 0) is 10.0 Å². The summed E-state index contributed by atoms with van der Waals surface area (Å²) in [5, 5.41) is 0.701. The van der Waals surface area contributed by atoms with Crippen molar-refractivity contribution < 1.29 is 8.42 Å². The highest BCUT2D eigenvalue weighted by atomic mass is 35.5. The van der Waals surface area contributed by atoms with Crippen LogP contribution < -0.4 is 0 Å². The fourth-order valence-corrected chi connectivity index (χ4v) is 6.22. The number of nitrogens with zero attached hydrogens (tertiary/aromatic N) is 3. The Morgan fingerprint density at radius 2 is 2.06 bits per heavy atom. The Kier molecular flexibility index (Phi) is 6.42. The number of piperidine rings is 1. The molecular weight excluding hydrogens is 468 g/mol. The van der Waals surface area contributed by atoms with E-state index in [1.54, 1.807) is 16.8 Å². The Hall–Kier alpha value is -2.74. The molecule has 1 fully saturated rings. The van der Waals surface area contributed by atoms with Crippen LogP contribution in [0.5, 0.6) is 0 Å². The molecule has 5 rings (SSSR count). The molecule has 0 bridgehead atoms. The van der Waals surface area contributed by atoms with E-state index in [2.05, 4.69) is 34.3 Å². The van der Waals surface area contributed by atoms with Gasteiger partial charge in [0.05, 0.1) is 30.2 Å². The predicted molar refractivity (Wildman–Crippen MR) is 137 cm³/mol. The molecule has 3 aromatic rings. The SMILES string of the molecule is CS(=O)(=O)N1CCC(C2c3ccc(Cl)cc3C=C(CC=Cc3cnc[nH]3)c3cccnc32)CC1. The molecule has 0 amide bonds. The molecule has 1 aliphatic carbocycles. The maximum absolute atomic E-state index is 12.1. The Balaban J connectivity index is 1.54. The lowest BCUT2D eigenvalue weighted by Crippen LogP contribution is -2.39. The second-order valence-electron chi connectivity index (χ2n) is 8.97. The Labute approximate surface area is 205 Å². The fourth-order valence-electron chi connectivity index (χ4n) is 5.16. The number of aromatic amines is 1. The molecule has 1 atom stereocenters. The van der Waals surface area contributed by atoms with Crippen molar-refractivity contribution in [3.8, 4) is 0 Å². The number of fused-ring (bicyclic) bond motifs is 2. The number of halogens is 1. The molecule has 0 radical (unpaired) electrons. The fraction of sp³-hybridized carbons (Fsp3) is 0.308. The number of rotatable bonds is 5. The molecule has 8 heteroatoms. The zero-order valence-corrected chi connectivity index (χ0v) is 20.6. The highest BCUT2D eigenvalue weighted by Gasteiger charge is 2.35. The molecule has 2 aromatic heterocycles. The van der Waals surface area contributed by atoms with E-state index in [0.717, 1.165) is 41.8 Å². The Bertz CT molecular complexity index is 1340. The van der Waals surface area contributed by atoms with Gasteiger partial charge in [-0.15, -0.1) is 0 Å². The number of H-pyrrole nitrogens is 1. The first-order chi connectivity index (χ1) is 16.4. The molecule has 34 heavy (non-hydrogen) atoms. The van der Waals surface area contributed by atoms with Crippen molar-refractivity contribution in [2.75, 3.05) is 19.3 Å². The third-order valence-corrected chi connectivity index (χ3v) is 8.32. The smallest absolute Gasteiger partial charge is 0.211 e. The monoisotopic (exact) mass is 494 g/mol. The van der Waals surface area contributed by atoms with Gasteiger partial charge >= 0.3 is 0 Å². The number of imidazole rings is 1. The van der Waals surface area contributed by atoms with Crippen molar-refractivity contribution in [3.63, 3.8) is 0 Å². The zero-order chi connectivity index (χ0) is 23.7. The van der Waals surface area contributed by atoms with Gasteiger partial charge < -0.3 is 4.98 Å². The van der Waals surface area contributed by atoms with Gasteiger partial charge in [-0.05, 0) is 66.2 Å². The summed E-state index contributed by atoms with van der Waals surface area (Å²) in [7, 11) is -3.18. The Morgan fingerprint density at radius 3 is 2.79 bits per heavy atom. The van der Waals surface area contributed by atoms with Crippen molar-refractivity contribution in [3.05, 3.63) is 88.2 Å². The first-order valence-corrected chi connectivity index (χ1v) is 13.7. The zero-order valence-electron chi connectivity index (χ0n) is 19.0. The maximum Gasteiger partial charge on any atom is 0.211 e. The number of hydrogen-bond donors (Lipinski definition) is 1. The van der Waals surface area contributed by atoms with Crippen LogP contribution in [0.15, 0.2) is 55.1 Å². The van der Waals surface area contributed by atoms with Crippen LogP contribution in [-0.4, -0.2) is 47.0 Å². The van der Waals surface area contributed by atoms with E-state index in [0.29, 0.717) is 24.0 Å². The summed E-state index contributed by atoms with van der Waals surface area (Å²) < 4.78 is 25.7. The molecular formula is C26H27ClN4O2S. The van der Waals surface area contributed by atoms with Crippen LogP contribution in [0, 0.1) is 5.92 Å². The quantitative estimate of drug-likeness (QED) is 0.527. The van der Waals surface area contributed by atoms with Crippen LogP contribution in [0.25, 0.3) is 17.7 Å². The van der Waals surface area contributed by atoms with E-state index >= 15 is 0 Å². The lowest BCUT2D eigenvalue weighted by Gasteiger charge is -2.35. The molecule has 1 saturated heterocycles. The molecule has 1 unspecified atom stereocenters. The van der Waals surface area contributed by atoms with Gasteiger partial charge in [0.1, 0.15) is 0 Å². The maximum atomic E-state index is 12.1. The number of pyridine rings is 1. The van der Waals surface area contributed by atoms with Crippen LogP contribution in [0.2, 0.25) is 5.02 Å². The molecule has 1 aliphatic heterocycles. The number of sulfonamides is 1.